The minimum Gasteiger partial charge on any atom is -0.457 e. The van der Waals surface area contributed by atoms with Crippen molar-refractivity contribution in [2.75, 3.05) is 6.54 Å². The van der Waals surface area contributed by atoms with Gasteiger partial charge in [-0.25, -0.2) is 0 Å². The molecule has 2 N–H and O–H groups in total. The van der Waals surface area contributed by atoms with Gasteiger partial charge in [0.25, 0.3) is 0 Å². The largest absolute Gasteiger partial charge is 0.457 e. The zero-order valence-electron chi connectivity index (χ0n) is 11.8. The lowest BCUT2D eigenvalue weighted by Gasteiger charge is -2.09. The first-order valence-corrected chi connectivity index (χ1v) is 6.94. The quantitative estimate of drug-likeness (QED) is 0.759. The first-order valence-electron chi connectivity index (χ1n) is 6.94. The Balaban J connectivity index is 1.88. The van der Waals surface area contributed by atoms with Gasteiger partial charge in [0.1, 0.15) is 11.5 Å². The van der Waals surface area contributed by atoms with Crippen molar-refractivity contribution in [1.82, 2.24) is 5.32 Å². The molecule has 0 aliphatic rings. The Morgan fingerprint density at radius 2 is 1.80 bits per heavy atom. The number of aliphatic hydroxyl groups is 1. The fraction of sp³-hybridized carbons (Fsp3) is 0.294. The molecule has 0 amide bonds. The predicted molar refractivity (Wildman–Crippen MR) is 81.0 cm³/mol. The molecule has 3 heteroatoms. The van der Waals surface area contributed by atoms with E-state index in [2.05, 4.69) is 11.4 Å². The average Bonchev–Trinajstić information content (AvgIpc) is 2.45. The third-order valence-corrected chi connectivity index (χ3v) is 2.95. The summed E-state index contributed by atoms with van der Waals surface area (Å²) in [4.78, 5) is 0. The molecule has 0 fully saturated rings. The molecular formula is C17H21NO2. The van der Waals surface area contributed by atoms with E-state index in [-0.39, 0.29) is 6.10 Å². The highest BCUT2D eigenvalue weighted by Crippen LogP contribution is 2.21. The van der Waals surface area contributed by atoms with Crippen molar-refractivity contribution in [3.05, 3.63) is 60.2 Å². The fourth-order valence-electron chi connectivity index (χ4n) is 1.89. The number of nitrogens with one attached hydrogen (secondary N) is 1. The monoisotopic (exact) mass is 271 g/mol. The predicted octanol–water partition coefficient (Wildman–Crippen LogP) is 3.34. The van der Waals surface area contributed by atoms with E-state index in [0.717, 1.165) is 31.0 Å². The molecule has 1 unspecified atom stereocenters. The maximum absolute atomic E-state index is 9.20. The molecule has 0 spiro atoms. The van der Waals surface area contributed by atoms with Gasteiger partial charge >= 0.3 is 0 Å². The number of aliphatic hydroxyl groups excluding tert-OH is 1. The molecule has 3 nitrogen and oxygen atoms in total. The Morgan fingerprint density at radius 1 is 1.05 bits per heavy atom. The van der Waals surface area contributed by atoms with Crippen LogP contribution in [0.2, 0.25) is 0 Å². The lowest BCUT2D eigenvalue weighted by molar-refractivity contribution is 0.183. The molecule has 0 aromatic heterocycles. The second-order valence-electron chi connectivity index (χ2n) is 4.88. The molecule has 0 radical (unpaired) electrons. The molecule has 2 rings (SSSR count). The molecule has 0 bridgehead atoms. The van der Waals surface area contributed by atoms with Crippen LogP contribution in [-0.2, 0) is 6.54 Å². The Bertz CT molecular complexity index is 511. The Kier molecular flexibility index (Phi) is 5.59. The SMILES string of the molecule is CC(O)CCNCc1cccc(Oc2ccccc2)c1. The van der Waals surface area contributed by atoms with E-state index in [1.165, 1.54) is 5.56 Å². The van der Waals surface area contributed by atoms with Gasteiger partial charge in [-0.2, -0.15) is 0 Å². The van der Waals surface area contributed by atoms with Crippen LogP contribution in [0.1, 0.15) is 18.9 Å². The van der Waals surface area contributed by atoms with Gasteiger partial charge in [-0.1, -0.05) is 30.3 Å². The van der Waals surface area contributed by atoms with Crippen LogP contribution < -0.4 is 10.1 Å². The van der Waals surface area contributed by atoms with Gasteiger partial charge in [0.15, 0.2) is 0 Å². The van der Waals surface area contributed by atoms with Crippen LogP contribution in [0.3, 0.4) is 0 Å². The summed E-state index contributed by atoms with van der Waals surface area (Å²) in [6.45, 7) is 3.39. The minimum atomic E-state index is -0.254. The zero-order chi connectivity index (χ0) is 14.2. The van der Waals surface area contributed by atoms with Gasteiger partial charge in [0, 0.05) is 6.54 Å². The van der Waals surface area contributed by atoms with Crippen LogP contribution in [0, 0.1) is 0 Å². The van der Waals surface area contributed by atoms with Gasteiger partial charge in [-0.3, -0.25) is 0 Å². The van der Waals surface area contributed by atoms with Crippen LogP contribution in [0.25, 0.3) is 0 Å². The average molecular weight is 271 g/mol. The van der Waals surface area contributed by atoms with Gasteiger partial charge in [0.2, 0.25) is 0 Å². The van der Waals surface area contributed by atoms with Crippen LogP contribution in [0.5, 0.6) is 11.5 Å². The van der Waals surface area contributed by atoms with Crippen molar-refractivity contribution in [3.8, 4) is 11.5 Å². The zero-order valence-corrected chi connectivity index (χ0v) is 11.8. The third kappa shape index (κ3) is 5.03. The topological polar surface area (TPSA) is 41.5 Å². The smallest absolute Gasteiger partial charge is 0.127 e. The van der Waals surface area contributed by atoms with Crippen molar-refractivity contribution < 1.29 is 9.84 Å². The fourth-order valence-corrected chi connectivity index (χ4v) is 1.89. The Labute approximate surface area is 120 Å². The van der Waals surface area contributed by atoms with Gasteiger partial charge in [-0.05, 0) is 49.7 Å². The number of ether oxygens (including phenoxy) is 1. The van der Waals surface area contributed by atoms with Crippen LogP contribution >= 0.6 is 0 Å². The van der Waals surface area contributed by atoms with Crippen molar-refractivity contribution >= 4 is 0 Å². The van der Waals surface area contributed by atoms with Crippen molar-refractivity contribution in [3.63, 3.8) is 0 Å². The molecule has 1 atom stereocenters. The molecule has 0 saturated heterocycles. The van der Waals surface area contributed by atoms with E-state index in [0.29, 0.717) is 0 Å². The van der Waals surface area contributed by atoms with Crippen molar-refractivity contribution in [1.29, 1.82) is 0 Å². The van der Waals surface area contributed by atoms with Crippen LogP contribution in [-0.4, -0.2) is 17.8 Å². The summed E-state index contributed by atoms with van der Waals surface area (Å²) in [5.74, 6) is 1.68. The number of rotatable bonds is 7. The Morgan fingerprint density at radius 3 is 2.55 bits per heavy atom. The minimum absolute atomic E-state index is 0.254. The normalized spacial score (nSPS) is 12.1. The molecule has 0 aliphatic carbocycles. The molecule has 106 valence electrons. The summed E-state index contributed by atoms with van der Waals surface area (Å²) in [7, 11) is 0. The van der Waals surface area contributed by atoms with E-state index in [1.54, 1.807) is 6.92 Å². The highest BCUT2D eigenvalue weighted by molar-refractivity contribution is 5.33. The summed E-state index contributed by atoms with van der Waals surface area (Å²) >= 11 is 0. The molecule has 0 heterocycles. The number of benzene rings is 2. The molecule has 2 aromatic rings. The lowest BCUT2D eigenvalue weighted by atomic mass is 10.2. The number of hydrogen-bond donors (Lipinski definition) is 2. The molecule has 0 saturated carbocycles. The van der Waals surface area contributed by atoms with Gasteiger partial charge < -0.3 is 15.2 Å². The van der Waals surface area contributed by atoms with Crippen molar-refractivity contribution in [2.24, 2.45) is 0 Å². The molecule has 0 aliphatic heterocycles. The number of para-hydroxylation sites is 1. The van der Waals surface area contributed by atoms with Crippen molar-refractivity contribution in [2.45, 2.75) is 26.0 Å². The molecule has 2 aromatic carbocycles. The summed E-state index contributed by atoms with van der Waals surface area (Å²) in [6, 6.07) is 17.8. The summed E-state index contributed by atoms with van der Waals surface area (Å²) in [5.41, 5.74) is 1.17. The van der Waals surface area contributed by atoms with E-state index >= 15 is 0 Å². The number of hydrogen-bond acceptors (Lipinski definition) is 3. The summed E-state index contributed by atoms with van der Waals surface area (Å²) in [6.07, 6.45) is 0.510. The van der Waals surface area contributed by atoms with E-state index in [4.69, 9.17) is 4.74 Å². The maximum Gasteiger partial charge on any atom is 0.127 e. The first-order chi connectivity index (χ1) is 9.74. The van der Waals surface area contributed by atoms with E-state index in [1.807, 2.05) is 48.5 Å². The van der Waals surface area contributed by atoms with Gasteiger partial charge in [-0.15, -0.1) is 0 Å². The lowest BCUT2D eigenvalue weighted by Crippen LogP contribution is -2.18. The van der Waals surface area contributed by atoms with Crippen LogP contribution in [0.15, 0.2) is 54.6 Å². The summed E-state index contributed by atoms with van der Waals surface area (Å²) < 4.78 is 5.80. The molecule has 20 heavy (non-hydrogen) atoms. The second kappa shape index (κ2) is 7.68. The highest BCUT2D eigenvalue weighted by Gasteiger charge is 1.99. The molecular weight excluding hydrogens is 250 g/mol. The van der Waals surface area contributed by atoms with Crippen LogP contribution in [0.4, 0.5) is 0 Å². The maximum atomic E-state index is 9.20. The van der Waals surface area contributed by atoms with Gasteiger partial charge in [0.05, 0.1) is 6.10 Å². The Hall–Kier alpha value is -1.84. The third-order valence-electron chi connectivity index (χ3n) is 2.95. The summed E-state index contributed by atoms with van der Waals surface area (Å²) in [5, 5.41) is 12.5. The first kappa shape index (κ1) is 14.6. The highest BCUT2D eigenvalue weighted by atomic mass is 16.5. The van der Waals surface area contributed by atoms with E-state index in [9.17, 15) is 5.11 Å². The standard InChI is InChI=1S/C17H21NO2/c1-14(19)10-11-18-13-15-6-5-9-17(12-15)20-16-7-3-2-4-8-16/h2-9,12,14,18-19H,10-11,13H2,1H3. The van der Waals surface area contributed by atoms with E-state index < -0.39 is 0 Å². The second-order valence-corrected chi connectivity index (χ2v) is 4.88.